The normalized spacial score (nSPS) is 11.7. The Balaban J connectivity index is 0.00000420. The van der Waals surface area contributed by atoms with Gasteiger partial charge in [0.2, 0.25) is 5.88 Å². The zero-order valence-electron chi connectivity index (χ0n) is 16.2. The molecule has 0 atom stereocenters. The van der Waals surface area contributed by atoms with Crippen molar-refractivity contribution in [2.45, 2.75) is 39.5 Å². The highest BCUT2D eigenvalue weighted by Gasteiger charge is 2.28. The van der Waals surface area contributed by atoms with Crippen molar-refractivity contribution in [3.63, 3.8) is 0 Å². The zero-order chi connectivity index (χ0) is 20.4. The second-order valence-electron chi connectivity index (χ2n) is 5.82. The molecule has 0 aliphatic carbocycles. The van der Waals surface area contributed by atoms with E-state index in [9.17, 15) is 13.2 Å². The Morgan fingerprint density at radius 1 is 1.28 bits per heavy atom. The molecule has 2 aromatic heterocycles. The van der Waals surface area contributed by atoms with Crippen LogP contribution in [-0.2, 0) is 19.5 Å². The molecule has 0 aliphatic rings. The van der Waals surface area contributed by atoms with Crippen LogP contribution < -0.4 is 15.4 Å². The van der Waals surface area contributed by atoms with Gasteiger partial charge >= 0.3 is 6.18 Å². The van der Waals surface area contributed by atoms with Crippen molar-refractivity contribution in [3.8, 4) is 5.88 Å². The van der Waals surface area contributed by atoms with Crippen LogP contribution in [0.4, 0.5) is 13.2 Å². The Kier molecular flexibility index (Phi) is 10.7. The molecular formula is C17H25F3IN7O. The lowest BCUT2D eigenvalue weighted by Gasteiger charge is -2.12. The molecular weight excluding hydrogens is 502 g/mol. The highest BCUT2D eigenvalue weighted by molar-refractivity contribution is 14.0. The third kappa shape index (κ3) is 9.28. The van der Waals surface area contributed by atoms with Gasteiger partial charge in [0, 0.05) is 38.3 Å². The Morgan fingerprint density at radius 2 is 2.07 bits per heavy atom. The summed E-state index contributed by atoms with van der Waals surface area (Å²) in [6, 6.07) is 3.13. The van der Waals surface area contributed by atoms with Gasteiger partial charge in [-0.3, -0.25) is 0 Å². The van der Waals surface area contributed by atoms with E-state index in [4.69, 9.17) is 0 Å². The molecule has 0 saturated carbocycles. The van der Waals surface area contributed by atoms with E-state index < -0.39 is 12.8 Å². The smallest absolute Gasteiger partial charge is 0.422 e. The summed E-state index contributed by atoms with van der Waals surface area (Å²) < 4.78 is 43.4. The fourth-order valence-electron chi connectivity index (χ4n) is 2.33. The molecule has 0 radical (unpaired) electrons. The number of hydrogen-bond donors (Lipinski definition) is 2. The predicted octanol–water partition coefficient (Wildman–Crippen LogP) is 2.55. The fourth-order valence-corrected chi connectivity index (χ4v) is 2.33. The molecule has 2 heterocycles. The minimum Gasteiger partial charge on any atom is -0.468 e. The quantitative estimate of drug-likeness (QED) is 0.296. The summed E-state index contributed by atoms with van der Waals surface area (Å²) >= 11 is 0. The van der Waals surface area contributed by atoms with Gasteiger partial charge in [-0.1, -0.05) is 6.92 Å². The maximum Gasteiger partial charge on any atom is 0.422 e. The molecule has 2 aromatic rings. The summed E-state index contributed by atoms with van der Waals surface area (Å²) in [7, 11) is 0. The first-order chi connectivity index (χ1) is 13.4. The highest BCUT2D eigenvalue weighted by atomic mass is 127. The summed E-state index contributed by atoms with van der Waals surface area (Å²) in [5, 5.41) is 14.3. The average Bonchev–Trinajstić information content (AvgIpc) is 3.12. The van der Waals surface area contributed by atoms with Gasteiger partial charge in [-0.05, 0) is 18.6 Å². The van der Waals surface area contributed by atoms with Gasteiger partial charge in [-0.25, -0.2) is 9.98 Å². The number of rotatable bonds is 9. The zero-order valence-corrected chi connectivity index (χ0v) is 18.6. The van der Waals surface area contributed by atoms with Gasteiger partial charge < -0.3 is 19.9 Å². The van der Waals surface area contributed by atoms with Crippen molar-refractivity contribution in [2.24, 2.45) is 4.99 Å². The van der Waals surface area contributed by atoms with E-state index in [2.05, 4.69) is 35.5 Å². The standard InChI is InChI=1S/C17H24F3N7O.HI/c1-3-14-26-25-12-27(14)8-7-23-16(21-4-2)24-10-13-5-6-22-15(9-13)28-11-17(18,19)20;/h5-6,9,12H,3-4,7-8,10-11H2,1-2H3,(H2,21,23,24);1H. The Labute approximate surface area is 184 Å². The van der Waals surface area contributed by atoms with E-state index in [1.165, 1.54) is 12.3 Å². The third-order valence-electron chi connectivity index (χ3n) is 3.60. The maximum atomic E-state index is 12.2. The van der Waals surface area contributed by atoms with Gasteiger partial charge in [0.1, 0.15) is 12.2 Å². The first kappa shape index (κ1) is 24.9. The summed E-state index contributed by atoms with van der Waals surface area (Å²) in [5.74, 6) is 1.43. The van der Waals surface area contributed by atoms with Crippen molar-refractivity contribution in [1.82, 2.24) is 30.4 Å². The SMILES string of the molecule is CCNC(=NCc1ccnc(OCC(F)(F)F)c1)NCCn1cnnc1CC.I. The van der Waals surface area contributed by atoms with E-state index >= 15 is 0 Å². The van der Waals surface area contributed by atoms with E-state index in [0.29, 0.717) is 31.2 Å². The number of hydrogen-bond acceptors (Lipinski definition) is 5. The molecule has 0 fully saturated rings. The summed E-state index contributed by atoms with van der Waals surface area (Å²) in [5.41, 5.74) is 0.691. The monoisotopic (exact) mass is 527 g/mol. The summed E-state index contributed by atoms with van der Waals surface area (Å²) in [6.07, 6.45) is -0.519. The number of halogens is 4. The summed E-state index contributed by atoms with van der Waals surface area (Å²) in [4.78, 5) is 8.23. The first-order valence-electron chi connectivity index (χ1n) is 8.94. The predicted molar refractivity (Wildman–Crippen MR) is 113 cm³/mol. The number of ether oxygens (including phenoxy) is 1. The van der Waals surface area contributed by atoms with Gasteiger partial charge in [0.25, 0.3) is 0 Å². The molecule has 2 rings (SSSR count). The van der Waals surface area contributed by atoms with Crippen LogP contribution in [0.1, 0.15) is 25.2 Å². The molecule has 29 heavy (non-hydrogen) atoms. The lowest BCUT2D eigenvalue weighted by Crippen LogP contribution is -2.38. The second-order valence-corrected chi connectivity index (χ2v) is 5.82. The molecule has 0 spiro atoms. The molecule has 0 bridgehead atoms. The fraction of sp³-hybridized carbons (Fsp3) is 0.529. The van der Waals surface area contributed by atoms with Crippen molar-refractivity contribution in [1.29, 1.82) is 0 Å². The topological polar surface area (TPSA) is 89.3 Å². The largest absolute Gasteiger partial charge is 0.468 e. The molecule has 8 nitrogen and oxygen atoms in total. The number of aromatic nitrogens is 4. The van der Waals surface area contributed by atoms with Crippen molar-refractivity contribution >= 4 is 29.9 Å². The lowest BCUT2D eigenvalue weighted by molar-refractivity contribution is -0.154. The number of guanidine groups is 1. The lowest BCUT2D eigenvalue weighted by atomic mass is 10.3. The molecule has 0 unspecified atom stereocenters. The molecule has 2 N–H and O–H groups in total. The Hall–Kier alpha value is -2.12. The molecule has 12 heteroatoms. The third-order valence-corrected chi connectivity index (χ3v) is 3.60. The maximum absolute atomic E-state index is 12.2. The van der Waals surface area contributed by atoms with Crippen LogP contribution >= 0.6 is 24.0 Å². The molecule has 0 saturated heterocycles. The van der Waals surface area contributed by atoms with Crippen LogP contribution in [0.3, 0.4) is 0 Å². The van der Waals surface area contributed by atoms with Gasteiger partial charge in [-0.2, -0.15) is 13.2 Å². The number of alkyl halides is 3. The Morgan fingerprint density at radius 3 is 2.76 bits per heavy atom. The van der Waals surface area contributed by atoms with Crippen LogP contribution in [0.2, 0.25) is 0 Å². The van der Waals surface area contributed by atoms with Crippen LogP contribution in [-0.4, -0.2) is 51.6 Å². The second kappa shape index (κ2) is 12.4. The molecule has 162 valence electrons. The summed E-state index contributed by atoms with van der Waals surface area (Å²) in [6.45, 7) is 4.84. The molecule has 0 aliphatic heterocycles. The van der Waals surface area contributed by atoms with E-state index in [-0.39, 0.29) is 36.4 Å². The van der Waals surface area contributed by atoms with Crippen LogP contribution in [0.25, 0.3) is 0 Å². The highest BCUT2D eigenvalue weighted by Crippen LogP contribution is 2.17. The number of nitrogens with one attached hydrogen (secondary N) is 2. The van der Waals surface area contributed by atoms with E-state index in [0.717, 1.165) is 12.2 Å². The van der Waals surface area contributed by atoms with Crippen molar-refractivity contribution in [3.05, 3.63) is 36.0 Å². The number of nitrogens with zero attached hydrogens (tertiary/aromatic N) is 5. The molecule has 0 aromatic carbocycles. The number of pyridine rings is 1. The van der Waals surface area contributed by atoms with Gasteiger partial charge in [0.15, 0.2) is 12.6 Å². The average molecular weight is 527 g/mol. The van der Waals surface area contributed by atoms with Crippen molar-refractivity contribution < 1.29 is 17.9 Å². The van der Waals surface area contributed by atoms with Crippen LogP contribution in [0.15, 0.2) is 29.6 Å². The van der Waals surface area contributed by atoms with Crippen molar-refractivity contribution in [2.75, 3.05) is 19.7 Å². The van der Waals surface area contributed by atoms with Crippen LogP contribution in [0.5, 0.6) is 5.88 Å². The van der Waals surface area contributed by atoms with E-state index in [1.54, 1.807) is 12.4 Å². The number of aliphatic imine (C=N–C) groups is 1. The number of aryl methyl sites for hydroxylation is 1. The van der Waals surface area contributed by atoms with E-state index in [1.807, 2.05) is 18.4 Å². The minimum absolute atomic E-state index is 0. The van der Waals surface area contributed by atoms with Crippen LogP contribution in [0, 0.1) is 0 Å². The minimum atomic E-state index is -4.40. The van der Waals surface area contributed by atoms with Gasteiger partial charge in [0.05, 0.1) is 6.54 Å². The Bertz CT molecular complexity index is 767. The molecule has 0 amide bonds. The van der Waals surface area contributed by atoms with Gasteiger partial charge in [-0.15, -0.1) is 34.2 Å². The first-order valence-corrected chi connectivity index (χ1v) is 8.94.